The van der Waals surface area contributed by atoms with Gasteiger partial charge in [-0.05, 0) is 62.7 Å². The van der Waals surface area contributed by atoms with Crippen LogP contribution in [0.25, 0.3) is 27.6 Å². The van der Waals surface area contributed by atoms with E-state index >= 15 is 0 Å². The number of benzene rings is 1. The second kappa shape index (κ2) is 10.6. The summed E-state index contributed by atoms with van der Waals surface area (Å²) in [6.45, 7) is 5.07. The zero-order valence-electron chi connectivity index (χ0n) is 19.8. The molecule has 0 saturated heterocycles. The van der Waals surface area contributed by atoms with Gasteiger partial charge in [0, 0.05) is 54.5 Å². The number of thiazole rings is 1. The molecule has 0 bridgehead atoms. The predicted octanol–water partition coefficient (Wildman–Crippen LogP) is 5.05. The standard InChI is InChI=1S/C26H28N4O3S/c1-17-6-7-19(15-28-17)26-29-23(16-34-26)24-14-22(25(31)27-12-5-13-32-3)18(2)30(24)20-8-10-21(33-4)11-9-20/h6-11,14-16H,5,12-13H2,1-4H3,(H,27,31). The Labute approximate surface area is 203 Å². The molecule has 4 aromatic rings. The Morgan fingerprint density at radius 3 is 2.59 bits per heavy atom. The lowest BCUT2D eigenvalue weighted by atomic mass is 10.2. The number of methoxy groups -OCH3 is 2. The summed E-state index contributed by atoms with van der Waals surface area (Å²) in [5.41, 5.74) is 5.98. The molecular weight excluding hydrogens is 448 g/mol. The Kier molecular flexibility index (Phi) is 7.40. The molecule has 0 spiro atoms. The van der Waals surface area contributed by atoms with Gasteiger partial charge in [-0.2, -0.15) is 0 Å². The summed E-state index contributed by atoms with van der Waals surface area (Å²) >= 11 is 1.56. The van der Waals surface area contributed by atoms with Crippen LogP contribution in [-0.2, 0) is 4.74 Å². The fourth-order valence-corrected chi connectivity index (χ4v) is 4.53. The van der Waals surface area contributed by atoms with Crippen LogP contribution in [0.2, 0.25) is 0 Å². The van der Waals surface area contributed by atoms with Gasteiger partial charge in [-0.1, -0.05) is 0 Å². The number of aryl methyl sites for hydroxylation is 1. The number of pyridine rings is 1. The average Bonchev–Trinajstić information content (AvgIpc) is 3.47. The molecule has 3 aromatic heterocycles. The van der Waals surface area contributed by atoms with Crippen LogP contribution in [0.1, 0.15) is 28.2 Å². The molecule has 0 aliphatic rings. The minimum Gasteiger partial charge on any atom is -0.497 e. The second-order valence-electron chi connectivity index (χ2n) is 7.89. The van der Waals surface area contributed by atoms with Crippen molar-refractivity contribution in [3.05, 3.63) is 71.0 Å². The smallest absolute Gasteiger partial charge is 0.253 e. The summed E-state index contributed by atoms with van der Waals surface area (Å²) in [5.74, 6) is 0.661. The van der Waals surface area contributed by atoms with E-state index in [0.717, 1.165) is 51.2 Å². The fraction of sp³-hybridized carbons (Fsp3) is 0.269. The maximum absolute atomic E-state index is 13.0. The first-order chi connectivity index (χ1) is 16.5. The third-order valence-corrected chi connectivity index (χ3v) is 6.45. The second-order valence-corrected chi connectivity index (χ2v) is 8.75. The predicted molar refractivity (Wildman–Crippen MR) is 135 cm³/mol. The molecule has 7 nitrogen and oxygen atoms in total. The molecule has 1 N–H and O–H groups in total. The molecule has 4 rings (SSSR count). The number of ether oxygens (including phenoxy) is 2. The van der Waals surface area contributed by atoms with Crippen molar-refractivity contribution in [2.24, 2.45) is 0 Å². The van der Waals surface area contributed by atoms with Crippen molar-refractivity contribution >= 4 is 17.2 Å². The van der Waals surface area contributed by atoms with E-state index in [1.54, 1.807) is 25.6 Å². The summed E-state index contributed by atoms with van der Waals surface area (Å²) in [7, 11) is 3.30. The van der Waals surface area contributed by atoms with Crippen LogP contribution in [0.15, 0.2) is 54.0 Å². The average molecular weight is 477 g/mol. The van der Waals surface area contributed by atoms with Crippen LogP contribution in [0.5, 0.6) is 5.75 Å². The molecule has 0 aliphatic carbocycles. The summed E-state index contributed by atoms with van der Waals surface area (Å²) in [5, 5.41) is 5.90. The molecule has 1 amide bonds. The van der Waals surface area contributed by atoms with Crippen LogP contribution in [0.4, 0.5) is 0 Å². The van der Waals surface area contributed by atoms with E-state index in [1.165, 1.54) is 0 Å². The molecule has 0 aliphatic heterocycles. The quantitative estimate of drug-likeness (QED) is 0.342. The molecule has 34 heavy (non-hydrogen) atoms. The van der Waals surface area contributed by atoms with Crippen molar-refractivity contribution in [1.82, 2.24) is 19.9 Å². The monoisotopic (exact) mass is 476 g/mol. The zero-order valence-corrected chi connectivity index (χ0v) is 20.6. The van der Waals surface area contributed by atoms with Crippen molar-refractivity contribution in [2.45, 2.75) is 20.3 Å². The van der Waals surface area contributed by atoms with Crippen molar-refractivity contribution < 1.29 is 14.3 Å². The third kappa shape index (κ3) is 5.03. The van der Waals surface area contributed by atoms with E-state index in [1.807, 2.05) is 67.9 Å². The van der Waals surface area contributed by atoms with E-state index in [2.05, 4.69) is 14.9 Å². The molecule has 0 unspecified atom stereocenters. The number of aromatic nitrogens is 3. The number of hydrogen-bond acceptors (Lipinski definition) is 6. The number of hydrogen-bond donors (Lipinski definition) is 1. The molecule has 0 fully saturated rings. The van der Waals surface area contributed by atoms with E-state index in [0.29, 0.717) is 18.7 Å². The number of nitrogens with zero attached hydrogens (tertiary/aromatic N) is 3. The highest BCUT2D eigenvalue weighted by molar-refractivity contribution is 7.13. The van der Waals surface area contributed by atoms with Gasteiger partial charge >= 0.3 is 0 Å². The zero-order chi connectivity index (χ0) is 24.1. The Morgan fingerprint density at radius 2 is 1.91 bits per heavy atom. The van der Waals surface area contributed by atoms with Crippen LogP contribution < -0.4 is 10.1 Å². The first-order valence-corrected chi connectivity index (χ1v) is 11.9. The van der Waals surface area contributed by atoms with Gasteiger partial charge in [0.15, 0.2) is 0 Å². The Hall–Kier alpha value is -3.49. The minimum absolute atomic E-state index is 0.111. The van der Waals surface area contributed by atoms with Gasteiger partial charge < -0.3 is 19.4 Å². The lowest BCUT2D eigenvalue weighted by molar-refractivity contribution is 0.0948. The number of nitrogens with one attached hydrogen (secondary N) is 1. The van der Waals surface area contributed by atoms with Gasteiger partial charge in [-0.3, -0.25) is 9.78 Å². The Balaban J connectivity index is 1.74. The van der Waals surface area contributed by atoms with E-state index in [-0.39, 0.29) is 5.91 Å². The van der Waals surface area contributed by atoms with Crippen molar-refractivity contribution in [3.8, 4) is 33.4 Å². The van der Waals surface area contributed by atoms with Gasteiger partial charge in [-0.15, -0.1) is 11.3 Å². The van der Waals surface area contributed by atoms with Crippen LogP contribution in [-0.4, -0.2) is 47.8 Å². The Bertz CT molecular complexity index is 1260. The lowest BCUT2D eigenvalue weighted by Gasteiger charge is -2.12. The summed E-state index contributed by atoms with van der Waals surface area (Å²) in [6, 6.07) is 13.7. The fourth-order valence-electron chi connectivity index (χ4n) is 3.72. The molecular formula is C26H28N4O3S. The van der Waals surface area contributed by atoms with Gasteiger partial charge in [0.2, 0.25) is 0 Å². The highest BCUT2D eigenvalue weighted by Gasteiger charge is 2.21. The normalized spacial score (nSPS) is 10.9. The first-order valence-electron chi connectivity index (χ1n) is 11.0. The first kappa shape index (κ1) is 23.7. The van der Waals surface area contributed by atoms with Crippen LogP contribution in [0.3, 0.4) is 0 Å². The van der Waals surface area contributed by atoms with E-state index < -0.39 is 0 Å². The molecule has 0 atom stereocenters. The highest BCUT2D eigenvalue weighted by Crippen LogP contribution is 2.33. The number of carbonyl (C=O) groups excluding carboxylic acids is 1. The molecule has 8 heteroatoms. The van der Waals surface area contributed by atoms with Crippen LogP contribution in [0, 0.1) is 13.8 Å². The van der Waals surface area contributed by atoms with Crippen LogP contribution >= 0.6 is 11.3 Å². The largest absolute Gasteiger partial charge is 0.497 e. The van der Waals surface area contributed by atoms with Crippen molar-refractivity contribution in [3.63, 3.8) is 0 Å². The van der Waals surface area contributed by atoms with Gasteiger partial charge in [0.25, 0.3) is 5.91 Å². The van der Waals surface area contributed by atoms with Gasteiger partial charge in [0.1, 0.15) is 10.8 Å². The SMILES string of the molecule is COCCCNC(=O)c1cc(-c2csc(-c3ccc(C)nc3)n2)n(-c2ccc(OC)cc2)c1C. The lowest BCUT2D eigenvalue weighted by Crippen LogP contribution is -2.25. The van der Waals surface area contributed by atoms with E-state index in [9.17, 15) is 4.79 Å². The number of rotatable bonds is 9. The van der Waals surface area contributed by atoms with Crippen molar-refractivity contribution in [2.75, 3.05) is 27.4 Å². The van der Waals surface area contributed by atoms with E-state index in [4.69, 9.17) is 14.5 Å². The molecule has 3 heterocycles. The number of carbonyl (C=O) groups is 1. The molecule has 0 radical (unpaired) electrons. The third-order valence-electron chi connectivity index (χ3n) is 5.56. The summed E-state index contributed by atoms with van der Waals surface area (Å²) in [4.78, 5) is 22.3. The van der Waals surface area contributed by atoms with Gasteiger partial charge in [0.05, 0.1) is 24.1 Å². The van der Waals surface area contributed by atoms with Crippen molar-refractivity contribution in [1.29, 1.82) is 0 Å². The maximum Gasteiger partial charge on any atom is 0.253 e. The summed E-state index contributed by atoms with van der Waals surface area (Å²) in [6.07, 6.45) is 2.60. The topological polar surface area (TPSA) is 78.3 Å². The van der Waals surface area contributed by atoms with Gasteiger partial charge in [-0.25, -0.2) is 4.98 Å². The summed E-state index contributed by atoms with van der Waals surface area (Å²) < 4.78 is 12.5. The molecule has 176 valence electrons. The molecule has 0 saturated carbocycles. The number of amides is 1. The highest BCUT2D eigenvalue weighted by atomic mass is 32.1. The maximum atomic E-state index is 13.0. The molecule has 1 aromatic carbocycles. The Morgan fingerprint density at radius 1 is 1.12 bits per heavy atom. The minimum atomic E-state index is -0.111.